The molecule has 0 atom stereocenters. The van der Waals surface area contributed by atoms with Crippen LogP contribution in [0, 0.1) is 5.41 Å². The normalized spacial score (nSPS) is 11.6. The van der Waals surface area contributed by atoms with Crippen molar-refractivity contribution in [2.75, 3.05) is 11.9 Å². The van der Waals surface area contributed by atoms with Gasteiger partial charge in [-0.15, -0.1) is 0 Å². The standard InChI is InChI=1S/C7H13BrO/c1-6(4-8)7(2,3)5-9/h9H,1,4-5H2,2-3H3. The van der Waals surface area contributed by atoms with Crippen molar-refractivity contribution in [1.29, 1.82) is 0 Å². The molecule has 2 heteroatoms. The van der Waals surface area contributed by atoms with Gasteiger partial charge in [0.1, 0.15) is 0 Å². The number of aliphatic hydroxyl groups excluding tert-OH is 1. The molecule has 0 aromatic heterocycles. The Bertz CT molecular complexity index is 107. The number of aliphatic hydroxyl groups is 1. The molecule has 0 fully saturated rings. The predicted molar refractivity (Wildman–Crippen MR) is 43.8 cm³/mol. The van der Waals surface area contributed by atoms with E-state index in [-0.39, 0.29) is 12.0 Å². The third kappa shape index (κ3) is 2.50. The second kappa shape index (κ2) is 3.37. The Hall–Kier alpha value is 0.180. The minimum Gasteiger partial charge on any atom is -0.395 e. The zero-order valence-corrected chi connectivity index (χ0v) is 7.53. The van der Waals surface area contributed by atoms with Crippen molar-refractivity contribution >= 4 is 15.9 Å². The summed E-state index contributed by atoms with van der Waals surface area (Å²) >= 11 is 3.28. The minimum absolute atomic E-state index is 0.135. The Balaban J connectivity index is 3.97. The summed E-state index contributed by atoms with van der Waals surface area (Å²) in [4.78, 5) is 0. The lowest BCUT2D eigenvalue weighted by molar-refractivity contribution is 0.191. The zero-order valence-electron chi connectivity index (χ0n) is 5.95. The van der Waals surface area contributed by atoms with E-state index in [1.807, 2.05) is 13.8 Å². The van der Waals surface area contributed by atoms with Crippen LogP contribution in [0.5, 0.6) is 0 Å². The molecule has 9 heavy (non-hydrogen) atoms. The average molecular weight is 193 g/mol. The third-order valence-electron chi connectivity index (χ3n) is 1.51. The van der Waals surface area contributed by atoms with Gasteiger partial charge in [-0.05, 0) is 0 Å². The van der Waals surface area contributed by atoms with Crippen molar-refractivity contribution < 1.29 is 5.11 Å². The molecule has 0 aliphatic rings. The number of hydrogen-bond donors (Lipinski definition) is 1. The van der Waals surface area contributed by atoms with E-state index in [1.165, 1.54) is 0 Å². The minimum atomic E-state index is -0.135. The largest absolute Gasteiger partial charge is 0.395 e. The molecule has 0 amide bonds. The number of hydrogen-bond acceptors (Lipinski definition) is 1. The highest BCUT2D eigenvalue weighted by Crippen LogP contribution is 2.24. The Labute approximate surface area is 64.9 Å². The van der Waals surface area contributed by atoms with Crippen molar-refractivity contribution in [3.63, 3.8) is 0 Å². The molecule has 0 spiro atoms. The molecule has 0 unspecified atom stereocenters. The lowest BCUT2D eigenvalue weighted by Crippen LogP contribution is -2.19. The van der Waals surface area contributed by atoms with Crippen LogP contribution in [-0.4, -0.2) is 17.0 Å². The molecule has 54 valence electrons. The lowest BCUT2D eigenvalue weighted by atomic mass is 9.87. The molecule has 1 nitrogen and oxygen atoms in total. The van der Waals surface area contributed by atoms with Crippen LogP contribution in [-0.2, 0) is 0 Å². The zero-order chi connectivity index (χ0) is 7.49. The Kier molecular flexibility index (Phi) is 3.44. The molecule has 0 saturated carbocycles. The maximum absolute atomic E-state index is 8.81. The highest BCUT2D eigenvalue weighted by Gasteiger charge is 2.18. The first kappa shape index (κ1) is 9.18. The molecule has 0 aliphatic heterocycles. The quantitative estimate of drug-likeness (QED) is 0.536. The van der Waals surface area contributed by atoms with Gasteiger partial charge in [0.15, 0.2) is 0 Å². The predicted octanol–water partition coefficient (Wildman–Crippen LogP) is 1.96. The summed E-state index contributed by atoms with van der Waals surface area (Å²) < 4.78 is 0. The maximum Gasteiger partial charge on any atom is 0.0519 e. The van der Waals surface area contributed by atoms with Gasteiger partial charge in [-0.2, -0.15) is 0 Å². The van der Waals surface area contributed by atoms with Crippen LogP contribution in [0.25, 0.3) is 0 Å². The molecule has 0 heterocycles. The molecule has 0 aromatic carbocycles. The van der Waals surface area contributed by atoms with Crippen molar-refractivity contribution in [3.8, 4) is 0 Å². The van der Waals surface area contributed by atoms with Gasteiger partial charge in [-0.25, -0.2) is 0 Å². The van der Waals surface area contributed by atoms with Crippen LogP contribution in [0.15, 0.2) is 12.2 Å². The fourth-order valence-corrected chi connectivity index (χ4v) is 1.05. The second-order valence-electron chi connectivity index (χ2n) is 2.78. The Morgan fingerprint density at radius 3 is 2.22 bits per heavy atom. The van der Waals surface area contributed by atoms with Gasteiger partial charge >= 0.3 is 0 Å². The fraction of sp³-hybridized carbons (Fsp3) is 0.714. The van der Waals surface area contributed by atoms with Crippen molar-refractivity contribution in [2.24, 2.45) is 5.41 Å². The van der Waals surface area contributed by atoms with Gasteiger partial charge in [0.05, 0.1) is 6.61 Å². The van der Waals surface area contributed by atoms with Crippen LogP contribution >= 0.6 is 15.9 Å². The van der Waals surface area contributed by atoms with E-state index in [2.05, 4.69) is 22.5 Å². The van der Waals surface area contributed by atoms with Gasteiger partial charge in [-0.1, -0.05) is 41.9 Å². The molecule has 0 aromatic rings. The van der Waals surface area contributed by atoms with E-state index in [4.69, 9.17) is 5.11 Å². The molecular formula is C7H13BrO. The van der Waals surface area contributed by atoms with Crippen LogP contribution in [0.2, 0.25) is 0 Å². The average Bonchev–Trinajstić information content (AvgIpc) is 1.86. The first-order chi connectivity index (χ1) is 4.04. The van der Waals surface area contributed by atoms with Gasteiger partial charge in [-0.3, -0.25) is 0 Å². The second-order valence-corrected chi connectivity index (χ2v) is 3.34. The van der Waals surface area contributed by atoms with Crippen molar-refractivity contribution in [1.82, 2.24) is 0 Å². The summed E-state index contributed by atoms with van der Waals surface area (Å²) in [6.45, 7) is 7.91. The highest BCUT2D eigenvalue weighted by molar-refractivity contribution is 9.09. The third-order valence-corrected chi connectivity index (χ3v) is 2.19. The molecule has 0 bridgehead atoms. The number of alkyl halides is 1. The monoisotopic (exact) mass is 192 g/mol. The maximum atomic E-state index is 8.81. The summed E-state index contributed by atoms with van der Waals surface area (Å²) in [7, 11) is 0. The van der Waals surface area contributed by atoms with E-state index in [1.54, 1.807) is 0 Å². The lowest BCUT2D eigenvalue weighted by Gasteiger charge is -2.22. The summed E-state index contributed by atoms with van der Waals surface area (Å²) in [6.07, 6.45) is 0. The van der Waals surface area contributed by atoms with Crippen molar-refractivity contribution in [2.45, 2.75) is 13.8 Å². The number of halogens is 1. The van der Waals surface area contributed by atoms with E-state index >= 15 is 0 Å². The topological polar surface area (TPSA) is 20.2 Å². The summed E-state index contributed by atoms with van der Waals surface area (Å²) in [5.74, 6) is 0. The molecular weight excluding hydrogens is 180 g/mol. The fourth-order valence-electron chi connectivity index (χ4n) is 0.293. The van der Waals surface area contributed by atoms with E-state index < -0.39 is 0 Å². The van der Waals surface area contributed by atoms with E-state index in [9.17, 15) is 0 Å². The smallest absolute Gasteiger partial charge is 0.0519 e. The molecule has 0 saturated heterocycles. The Morgan fingerprint density at radius 2 is 2.11 bits per heavy atom. The molecule has 1 N–H and O–H groups in total. The van der Waals surface area contributed by atoms with E-state index in [0.29, 0.717) is 0 Å². The first-order valence-electron chi connectivity index (χ1n) is 2.89. The summed E-state index contributed by atoms with van der Waals surface area (Å²) in [5.41, 5.74) is 0.897. The van der Waals surface area contributed by atoms with E-state index in [0.717, 1.165) is 10.9 Å². The molecule has 0 rings (SSSR count). The van der Waals surface area contributed by atoms with Crippen molar-refractivity contribution in [3.05, 3.63) is 12.2 Å². The van der Waals surface area contributed by atoms with Crippen LogP contribution in [0.4, 0.5) is 0 Å². The van der Waals surface area contributed by atoms with Crippen LogP contribution in [0.1, 0.15) is 13.8 Å². The summed E-state index contributed by atoms with van der Waals surface area (Å²) in [6, 6.07) is 0. The Morgan fingerprint density at radius 1 is 1.67 bits per heavy atom. The SMILES string of the molecule is C=C(CBr)C(C)(C)CO. The van der Waals surface area contributed by atoms with Crippen LogP contribution < -0.4 is 0 Å². The number of rotatable bonds is 3. The van der Waals surface area contributed by atoms with Gasteiger partial charge in [0, 0.05) is 10.7 Å². The highest BCUT2D eigenvalue weighted by atomic mass is 79.9. The first-order valence-corrected chi connectivity index (χ1v) is 4.02. The van der Waals surface area contributed by atoms with Crippen LogP contribution in [0.3, 0.4) is 0 Å². The molecule has 0 radical (unpaired) electrons. The van der Waals surface area contributed by atoms with Gasteiger partial charge in [0.2, 0.25) is 0 Å². The van der Waals surface area contributed by atoms with Gasteiger partial charge in [0.25, 0.3) is 0 Å². The summed E-state index contributed by atoms with van der Waals surface area (Å²) in [5, 5.41) is 9.58. The molecule has 0 aliphatic carbocycles. The van der Waals surface area contributed by atoms with Gasteiger partial charge < -0.3 is 5.11 Å².